The predicted molar refractivity (Wildman–Crippen MR) is 110 cm³/mol. The van der Waals surface area contributed by atoms with Gasteiger partial charge in [0.15, 0.2) is 0 Å². The SMILES string of the molecule is C=C.CCCCCCCCCC(OCCOC)(OCCOC)OCCOC. The third-order valence-electron chi connectivity index (χ3n) is 3.91. The zero-order valence-electron chi connectivity index (χ0n) is 18.3. The van der Waals surface area contributed by atoms with E-state index in [9.17, 15) is 0 Å². The van der Waals surface area contributed by atoms with Crippen LogP contribution in [0.4, 0.5) is 0 Å². The van der Waals surface area contributed by atoms with Crippen molar-refractivity contribution in [1.29, 1.82) is 0 Å². The highest BCUT2D eigenvalue weighted by molar-refractivity contribution is 4.61. The van der Waals surface area contributed by atoms with Gasteiger partial charge in [0.25, 0.3) is 5.97 Å². The summed E-state index contributed by atoms with van der Waals surface area (Å²) in [4.78, 5) is 0. The van der Waals surface area contributed by atoms with E-state index in [2.05, 4.69) is 20.1 Å². The fourth-order valence-corrected chi connectivity index (χ4v) is 2.48. The van der Waals surface area contributed by atoms with Gasteiger partial charge in [-0.3, -0.25) is 0 Å². The summed E-state index contributed by atoms with van der Waals surface area (Å²) in [5.41, 5.74) is 0. The first-order valence-electron chi connectivity index (χ1n) is 10.1. The maximum Gasteiger partial charge on any atom is 0.283 e. The van der Waals surface area contributed by atoms with Crippen LogP contribution in [-0.2, 0) is 28.4 Å². The van der Waals surface area contributed by atoms with E-state index in [0.29, 0.717) is 46.1 Å². The van der Waals surface area contributed by atoms with Crippen molar-refractivity contribution in [2.24, 2.45) is 0 Å². The van der Waals surface area contributed by atoms with Crippen molar-refractivity contribution in [2.75, 3.05) is 61.0 Å². The topological polar surface area (TPSA) is 55.4 Å². The summed E-state index contributed by atoms with van der Waals surface area (Å²) in [6, 6.07) is 0. The van der Waals surface area contributed by atoms with E-state index in [4.69, 9.17) is 28.4 Å². The van der Waals surface area contributed by atoms with Gasteiger partial charge in [-0.05, 0) is 6.42 Å². The molecule has 0 aliphatic carbocycles. The summed E-state index contributed by atoms with van der Waals surface area (Å²) in [6.07, 6.45) is 9.30. The highest BCUT2D eigenvalue weighted by Crippen LogP contribution is 2.24. The third-order valence-corrected chi connectivity index (χ3v) is 3.91. The van der Waals surface area contributed by atoms with Gasteiger partial charge in [0.1, 0.15) is 0 Å². The van der Waals surface area contributed by atoms with Crippen LogP contribution in [0.15, 0.2) is 13.2 Å². The minimum absolute atomic E-state index is 0.424. The van der Waals surface area contributed by atoms with Crippen molar-refractivity contribution in [3.8, 4) is 0 Å². The first kappa shape index (κ1) is 28.7. The van der Waals surface area contributed by atoms with E-state index < -0.39 is 5.97 Å². The van der Waals surface area contributed by atoms with Gasteiger partial charge in [-0.25, -0.2) is 0 Å². The van der Waals surface area contributed by atoms with E-state index >= 15 is 0 Å². The van der Waals surface area contributed by atoms with Crippen molar-refractivity contribution in [2.45, 2.75) is 64.3 Å². The van der Waals surface area contributed by atoms with E-state index in [-0.39, 0.29) is 0 Å². The van der Waals surface area contributed by atoms with Crippen LogP contribution in [-0.4, -0.2) is 66.9 Å². The zero-order chi connectivity index (χ0) is 20.6. The molecule has 0 heterocycles. The second-order valence-electron chi connectivity index (χ2n) is 6.08. The van der Waals surface area contributed by atoms with Crippen molar-refractivity contribution in [1.82, 2.24) is 0 Å². The molecule has 6 nitrogen and oxygen atoms in total. The highest BCUT2D eigenvalue weighted by Gasteiger charge is 2.33. The van der Waals surface area contributed by atoms with Gasteiger partial charge in [-0.15, -0.1) is 13.2 Å². The number of hydrogen-bond acceptors (Lipinski definition) is 6. The van der Waals surface area contributed by atoms with E-state index in [0.717, 1.165) is 12.8 Å². The molecule has 0 spiro atoms. The summed E-state index contributed by atoms with van der Waals surface area (Å²) in [7, 11) is 4.96. The number of rotatable bonds is 20. The lowest BCUT2D eigenvalue weighted by atomic mass is 10.1. The van der Waals surface area contributed by atoms with Gasteiger partial charge < -0.3 is 28.4 Å². The Bertz CT molecular complexity index is 249. The Balaban J connectivity index is 0. The zero-order valence-corrected chi connectivity index (χ0v) is 18.3. The van der Waals surface area contributed by atoms with Gasteiger partial charge in [0.05, 0.1) is 39.6 Å². The summed E-state index contributed by atoms with van der Waals surface area (Å²) in [5.74, 6) is -1.04. The summed E-state index contributed by atoms with van der Waals surface area (Å²) in [6.45, 7) is 11.0. The number of hydrogen-bond donors (Lipinski definition) is 0. The Labute approximate surface area is 167 Å². The fraction of sp³-hybridized carbons (Fsp3) is 0.905. The molecule has 0 aromatic carbocycles. The molecule has 27 heavy (non-hydrogen) atoms. The molecule has 0 saturated carbocycles. The van der Waals surface area contributed by atoms with Gasteiger partial charge in [0, 0.05) is 27.8 Å². The van der Waals surface area contributed by atoms with Crippen molar-refractivity contribution < 1.29 is 28.4 Å². The first-order valence-corrected chi connectivity index (χ1v) is 10.1. The molecule has 0 N–H and O–H groups in total. The molecular weight excluding hydrogens is 348 g/mol. The fourth-order valence-electron chi connectivity index (χ4n) is 2.48. The van der Waals surface area contributed by atoms with Crippen LogP contribution in [0, 0.1) is 0 Å². The minimum atomic E-state index is -1.04. The lowest BCUT2D eigenvalue weighted by Gasteiger charge is -2.33. The molecular formula is C21H44O6. The number of methoxy groups -OCH3 is 3. The molecule has 0 aliphatic heterocycles. The van der Waals surface area contributed by atoms with Crippen LogP contribution in [0.25, 0.3) is 0 Å². The van der Waals surface area contributed by atoms with Gasteiger partial charge in [-0.2, -0.15) is 0 Å². The van der Waals surface area contributed by atoms with Gasteiger partial charge >= 0.3 is 0 Å². The van der Waals surface area contributed by atoms with Crippen LogP contribution in [0.2, 0.25) is 0 Å². The van der Waals surface area contributed by atoms with Crippen molar-refractivity contribution >= 4 is 0 Å². The molecule has 0 amide bonds. The molecule has 0 unspecified atom stereocenters. The van der Waals surface area contributed by atoms with Crippen LogP contribution in [0.1, 0.15) is 58.3 Å². The van der Waals surface area contributed by atoms with Crippen molar-refractivity contribution in [3.05, 3.63) is 13.2 Å². The third kappa shape index (κ3) is 18.6. The lowest BCUT2D eigenvalue weighted by molar-refractivity contribution is -0.387. The van der Waals surface area contributed by atoms with E-state index in [1.54, 1.807) is 21.3 Å². The molecule has 6 heteroatoms. The monoisotopic (exact) mass is 392 g/mol. The Morgan fingerprint density at radius 2 is 0.926 bits per heavy atom. The normalized spacial score (nSPS) is 11.3. The summed E-state index contributed by atoms with van der Waals surface area (Å²) < 4.78 is 33.0. The molecule has 164 valence electrons. The van der Waals surface area contributed by atoms with E-state index in [1.165, 1.54) is 32.1 Å². The van der Waals surface area contributed by atoms with Crippen LogP contribution >= 0.6 is 0 Å². The molecule has 0 aliphatic rings. The Morgan fingerprint density at radius 3 is 1.30 bits per heavy atom. The molecule has 0 atom stereocenters. The molecule has 0 aromatic heterocycles. The molecule has 0 radical (unpaired) electrons. The Morgan fingerprint density at radius 1 is 0.556 bits per heavy atom. The smallest absolute Gasteiger partial charge is 0.283 e. The van der Waals surface area contributed by atoms with Crippen LogP contribution < -0.4 is 0 Å². The standard InChI is InChI=1S/C19H40O6.C2H4/c1-5-6-7-8-9-10-11-12-19(23-16-13-20-2,24-17-14-21-3)25-18-15-22-4;1-2/h5-18H2,1-4H3;1-2H2. The maximum absolute atomic E-state index is 5.93. The molecule has 0 aromatic rings. The van der Waals surface area contributed by atoms with Crippen LogP contribution in [0.5, 0.6) is 0 Å². The average Bonchev–Trinajstić information content (AvgIpc) is 2.69. The minimum Gasteiger partial charge on any atom is -0.382 e. The Kier molecular flexibility index (Phi) is 25.0. The maximum atomic E-state index is 5.93. The second kappa shape index (κ2) is 23.5. The molecule has 0 rings (SSSR count). The second-order valence-corrected chi connectivity index (χ2v) is 6.08. The van der Waals surface area contributed by atoms with Gasteiger partial charge in [0.2, 0.25) is 0 Å². The largest absolute Gasteiger partial charge is 0.382 e. The van der Waals surface area contributed by atoms with E-state index in [1.807, 2.05) is 0 Å². The highest BCUT2D eigenvalue weighted by atomic mass is 16.9. The number of ether oxygens (including phenoxy) is 6. The molecule has 0 fully saturated rings. The molecule has 0 bridgehead atoms. The predicted octanol–water partition coefficient (Wildman–Crippen LogP) is 4.57. The summed E-state index contributed by atoms with van der Waals surface area (Å²) >= 11 is 0. The Hall–Kier alpha value is -0.500. The summed E-state index contributed by atoms with van der Waals surface area (Å²) in [5, 5.41) is 0. The van der Waals surface area contributed by atoms with Crippen LogP contribution in [0.3, 0.4) is 0 Å². The number of unbranched alkanes of at least 4 members (excludes halogenated alkanes) is 6. The lowest BCUT2D eigenvalue weighted by Crippen LogP contribution is -2.42. The molecule has 0 saturated heterocycles. The quantitative estimate of drug-likeness (QED) is 0.172. The average molecular weight is 393 g/mol. The van der Waals surface area contributed by atoms with Gasteiger partial charge in [-0.1, -0.05) is 45.4 Å². The first-order chi connectivity index (χ1) is 13.2. The van der Waals surface area contributed by atoms with Crippen molar-refractivity contribution in [3.63, 3.8) is 0 Å².